The van der Waals surface area contributed by atoms with E-state index in [0.717, 1.165) is 22.2 Å². The summed E-state index contributed by atoms with van der Waals surface area (Å²) in [6.45, 7) is 0.613. The summed E-state index contributed by atoms with van der Waals surface area (Å²) in [5.41, 5.74) is 4.10. The number of imidazole rings is 1. The highest BCUT2D eigenvalue weighted by Gasteiger charge is 2.14. The number of pyridine rings is 1. The Morgan fingerprint density at radius 3 is 2.59 bits per heavy atom. The molecule has 7 heteroatoms. The minimum absolute atomic E-state index is 0.298. The molecule has 29 heavy (non-hydrogen) atoms. The molecule has 0 radical (unpaired) electrons. The average Bonchev–Trinajstić information content (AvgIpc) is 3.07. The van der Waals surface area contributed by atoms with Crippen LogP contribution in [0.3, 0.4) is 0 Å². The molecule has 2 aromatic carbocycles. The lowest BCUT2D eigenvalue weighted by Gasteiger charge is -2.11. The van der Waals surface area contributed by atoms with Crippen LogP contribution in [0.4, 0.5) is 4.39 Å². The van der Waals surface area contributed by atoms with Crippen LogP contribution in [0, 0.1) is 5.82 Å². The molecule has 0 atom stereocenters. The zero-order valence-corrected chi connectivity index (χ0v) is 16.8. The van der Waals surface area contributed by atoms with Crippen LogP contribution in [0.5, 0.6) is 5.88 Å². The second-order valence-electron chi connectivity index (χ2n) is 6.58. The molecule has 0 amide bonds. The molecule has 0 fully saturated rings. The van der Waals surface area contributed by atoms with E-state index in [1.54, 1.807) is 26.5 Å². The molecule has 4 rings (SSSR count). The Balaban J connectivity index is 1.81. The van der Waals surface area contributed by atoms with E-state index in [9.17, 15) is 4.39 Å². The maximum atomic E-state index is 14.4. The Kier molecular flexibility index (Phi) is 5.47. The fourth-order valence-corrected chi connectivity index (χ4v) is 3.47. The number of benzene rings is 2. The number of halogens is 2. The Morgan fingerprint density at radius 2 is 1.86 bits per heavy atom. The van der Waals surface area contributed by atoms with Crippen molar-refractivity contribution in [2.75, 3.05) is 14.2 Å². The first kappa shape index (κ1) is 19.4. The molecule has 0 aliphatic rings. The quantitative estimate of drug-likeness (QED) is 0.443. The fraction of sp³-hybridized carbons (Fsp3) is 0.182. The van der Waals surface area contributed by atoms with Gasteiger partial charge < -0.3 is 14.0 Å². The summed E-state index contributed by atoms with van der Waals surface area (Å²) in [6, 6.07) is 14.3. The summed E-state index contributed by atoms with van der Waals surface area (Å²) >= 11 is 6.07. The molecule has 0 aliphatic carbocycles. The Bertz CT molecular complexity index is 1160. The van der Waals surface area contributed by atoms with Crippen LogP contribution in [-0.2, 0) is 17.9 Å². The van der Waals surface area contributed by atoms with Crippen molar-refractivity contribution in [2.45, 2.75) is 13.2 Å². The number of nitrogens with zero attached hydrogens (tertiary/aromatic N) is 3. The van der Waals surface area contributed by atoms with Crippen LogP contribution in [0.1, 0.15) is 11.4 Å². The smallest absolute Gasteiger partial charge is 0.212 e. The minimum atomic E-state index is -0.310. The topological polar surface area (TPSA) is 49.2 Å². The zero-order valence-electron chi connectivity index (χ0n) is 16.0. The Morgan fingerprint density at radius 1 is 1.03 bits per heavy atom. The normalized spacial score (nSPS) is 11.2. The third-order valence-corrected chi connectivity index (χ3v) is 4.95. The van der Waals surface area contributed by atoms with Crippen LogP contribution < -0.4 is 4.74 Å². The first-order chi connectivity index (χ1) is 14.1. The summed E-state index contributed by atoms with van der Waals surface area (Å²) in [7, 11) is 3.19. The van der Waals surface area contributed by atoms with Crippen molar-refractivity contribution in [3.63, 3.8) is 0 Å². The van der Waals surface area contributed by atoms with E-state index in [-0.39, 0.29) is 5.82 Å². The third-order valence-electron chi connectivity index (χ3n) is 4.72. The van der Waals surface area contributed by atoms with Gasteiger partial charge in [-0.3, -0.25) is 0 Å². The number of rotatable bonds is 6. The molecule has 0 bridgehead atoms. The largest absolute Gasteiger partial charge is 0.481 e. The van der Waals surface area contributed by atoms with E-state index in [4.69, 9.17) is 21.1 Å². The van der Waals surface area contributed by atoms with Crippen molar-refractivity contribution < 1.29 is 13.9 Å². The van der Waals surface area contributed by atoms with E-state index >= 15 is 0 Å². The Hall–Kier alpha value is -2.96. The molecular formula is C22H19ClFN3O2. The highest BCUT2D eigenvalue weighted by atomic mass is 35.5. The summed E-state index contributed by atoms with van der Waals surface area (Å²) in [5, 5.41) is 0.490. The average molecular weight is 412 g/mol. The van der Waals surface area contributed by atoms with E-state index < -0.39 is 0 Å². The molecule has 0 spiro atoms. The molecule has 0 saturated heterocycles. The first-order valence-electron chi connectivity index (χ1n) is 9.01. The van der Waals surface area contributed by atoms with Gasteiger partial charge in [-0.1, -0.05) is 17.7 Å². The van der Waals surface area contributed by atoms with Crippen molar-refractivity contribution >= 4 is 22.6 Å². The molecule has 4 aromatic rings. The number of methoxy groups -OCH3 is 2. The lowest BCUT2D eigenvalue weighted by molar-refractivity contribution is 0.175. The molecule has 0 unspecified atom stereocenters. The highest BCUT2D eigenvalue weighted by Crippen LogP contribution is 2.27. The standard InChI is InChI=1S/C22H19ClFN3O2/c1-28-13-21-26-19-7-3-14(15-4-8-22(29-2)25-11-15)10-20(19)27(21)12-16-9-17(23)5-6-18(16)24/h3-11H,12-13H2,1-2H3. The van der Waals surface area contributed by atoms with Crippen molar-refractivity contribution in [1.82, 2.24) is 14.5 Å². The van der Waals surface area contributed by atoms with E-state index in [1.165, 1.54) is 12.1 Å². The molecule has 2 aromatic heterocycles. The van der Waals surface area contributed by atoms with Crippen molar-refractivity contribution in [3.05, 3.63) is 77.0 Å². The number of ether oxygens (including phenoxy) is 2. The van der Waals surface area contributed by atoms with Crippen LogP contribution in [0.2, 0.25) is 5.02 Å². The van der Waals surface area contributed by atoms with Crippen LogP contribution in [0.15, 0.2) is 54.7 Å². The fourth-order valence-electron chi connectivity index (χ4n) is 3.27. The van der Waals surface area contributed by atoms with E-state index in [2.05, 4.69) is 9.97 Å². The van der Waals surface area contributed by atoms with Gasteiger partial charge in [-0.05, 0) is 42.0 Å². The second kappa shape index (κ2) is 8.19. The maximum Gasteiger partial charge on any atom is 0.212 e. The van der Waals surface area contributed by atoms with Crippen LogP contribution in [-0.4, -0.2) is 28.8 Å². The zero-order chi connectivity index (χ0) is 20.4. The van der Waals surface area contributed by atoms with Crippen molar-refractivity contribution in [3.8, 4) is 17.0 Å². The predicted molar refractivity (Wildman–Crippen MR) is 111 cm³/mol. The molecule has 0 N–H and O–H groups in total. The molecule has 5 nitrogen and oxygen atoms in total. The van der Waals surface area contributed by atoms with E-state index in [1.807, 2.05) is 34.9 Å². The number of fused-ring (bicyclic) bond motifs is 1. The third kappa shape index (κ3) is 3.95. The van der Waals surface area contributed by atoms with Crippen LogP contribution in [0.25, 0.3) is 22.2 Å². The lowest BCUT2D eigenvalue weighted by atomic mass is 10.1. The predicted octanol–water partition coefficient (Wildman–Crippen LogP) is 5.09. The van der Waals surface area contributed by atoms with Gasteiger partial charge in [-0.2, -0.15) is 0 Å². The van der Waals surface area contributed by atoms with Gasteiger partial charge in [0, 0.05) is 35.5 Å². The summed E-state index contributed by atoms with van der Waals surface area (Å²) in [6.07, 6.45) is 1.76. The summed E-state index contributed by atoms with van der Waals surface area (Å²) < 4.78 is 26.7. The Labute approximate surface area is 172 Å². The summed E-state index contributed by atoms with van der Waals surface area (Å²) in [5.74, 6) is 0.959. The van der Waals surface area contributed by atoms with Gasteiger partial charge in [0.15, 0.2) is 0 Å². The van der Waals surface area contributed by atoms with Gasteiger partial charge in [0.2, 0.25) is 5.88 Å². The minimum Gasteiger partial charge on any atom is -0.481 e. The maximum absolute atomic E-state index is 14.4. The second-order valence-corrected chi connectivity index (χ2v) is 7.01. The monoisotopic (exact) mass is 411 g/mol. The summed E-state index contributed by atoms with van der Waals surface area (Å²) in [4.78, 5) is 8.93. The molecule has 0 saturated carbocycles. The highest BCUT2D eigenvalue weighted by molar-refractivity contribution is 6.30. The van der Waals surface area contributed by atoms with Gasteiger partial charge in [0.05, 0.1) is 24.7 Å². The number of aromatic nitrogens is 3. The molecular weight excluding hydrogens is 393 g/mol. The van der Waals surface area contributed by atoms with Gasteiger partial charge in [-0.15, -0.1) is 0 Å². The van der Waals surface area contributed by atoms with Crippen LogP contribution >= 0.6 is 11.6 Å². The lowest BCUT2D eigenvalue weighted by Crippen LogP contribution is -2.07. The molecule has 148 valence electrons. The molecule has 2 heterocycles. The van der Waals surface area contributed by atoms with Gasteiger partial charge in [0.25, 0.3) is 0 Å². The van der Waals surface area contributed by atoms with Gasteiger partial charge in [-0.25, -0.2) is 14.4 Å². The van der Waals surface area contributed by atoms with E-state index in [0.29, 0.717) is 35.4 Å². The van der Waals surface area contributed by atoms with Crippen molar-refractivity contribution in [2.24, 2.45) is 0 Å². The molecule has 0 aliphatic heterocycles. The SMILES string of the molecule is COCc1nc2ccc(-c3ccc(OC)nc3)cc2n1Cc1cc(Cl)ccc1F. The first-order valence-corrected chi connectivity index (χ1v) is 9.39. The van der Waals surface area contributed by atoms with Crippen molar-refractivity contribution in [1.29, 1.82) is 0 Å². The number of hydrogen-bond donors (Lipinski definition) is 0. The van der Waals surface area contributed by atoms with Gasteiger partial charge >= 0.3 is 0 Å². The number of hydrogen-bond acceptors (Lipinski definition) is 4. The van der Waals surface area contributed by atoms with Gasteiger partial charge in [0.1, 0.15) is 18.2 Å².